The molecule has 0 aliphatic heterocycles. The number of hydrogen-bond donors (Lipinski definition) is 0. The summed E-state index contributed by atoms with van der Waals surface area (Å²) < 4.78 is 13.4. The van der Waals surface area contributed by atoms with Crippen LogP contribution in [0.4, 0.5) is 0 Å². The zero-order valence-corrected chi connectivity index (χ0v) is 3.83. The van der Waals surface area contributed by atoms with Crippen LogP contribution >= 0.6 is 0 Å². The fourth-order valence-electron chi connectivity index (χ4n) is 0.0393. The third kappa shape index (κ3) is 3.87. The van der Waals surface area contributed by atoms with Crippen LogP contribution in [0.1, 0.15) is 0 Å². The monoisotopic (exact) mass is 86.0 g/mol. The molecule has 0 aliphatic carbocycles. The van der Waals surface area contributed by atoms with Gasteiger partial charge in [0.05, 0.1) is 0 Å². The van der Waals surface area contributed by atoms with Crippen LogP contribution in [-0.2, 0) is 7.59 Å². The molecule has 2 nitrogen and oxygen atoms in total. The van der Waals surface area contributed by atoms with Crippen molar-refractivity contribution in [3.63, 3.8) is 0 Å². The molecule has 0 amide bonds. The van der Waals surface area contributed by atoms with Gasteiger partial charge in [0.25, 0.3) is 0 Å². The van der Waals surface area contributed by atoms with Gasteiger partial charge in [-0.25, -0.2) is 0 Å². The Morgan fingerprint density at radius 3 is 2.60 bits per heavy atom. The molecule has 0 saturated carbocycles. The average molecular weight is 86.0 g/mol. The predicted octanol–water partition coefficient (Wildman–Crippen LogP) is 0.111. The van der Waals surface area contributed by atoms with Gasteiger partial charge >= 0.3 is 35.9 Å². The summed E-state index contributed by atoms with van der Waals surface area (Å²) in [6.07, 6.45) is 1.16. The SMILES string of the molecule is C=C[O][Al]=[O]. The van der Waals surface area contributed by atoms with Gasteiger partial charge < -0.3 is 0 Å². The molecule has 3 heteroatoms. The van der Waals surface area contributed by atoms with Crippen LogP contribution in [0.3, 0.4) is 0 Å². The van der Waals surface area contributed by atoms with Gasteiger partial charge in [0.1, 0.15) is 0 Å². The van der Waals surface area contributed by atoms with E-state index in [-0.39, 0.29) is 0 Å². The maximum atomic E-state index is 9.32. The first-order valence-electron chi connectivity index (χ1n) is 1.12. The summed E-state index contributed by atoms with van der Waals surface area (Å²) in [6, 6.07) is 0. The van der Waals surface area contributed by atoms with Crippen molar-refractivity contribution in [2.75, 3.05) is 0 Å². The quantitative estimate of drug-likeness (QED) is 0.352. The summed E-state index contributed by atoms with van der Waals surface area (Å²) in [4.78, 5) is 0. The summed E-state index contributed by atoms with van der Waals surface area (Å²) in [5, 5.41) is 0. The van der Waals surface area contributed by atoms with E-state index in [9.17, 15) is 3.80 Å². The molecule has 5 heavy (non-hydrogen) atoms. The van der Waals surface area contributed by atoms with E-state index in [1.54, 1.807) is 0 Å². The Morgan fingerprint density at radius 2 is 2.60 bits per heavy atom. The minimum absolute atomic E-state index is 1.08. The van der Waals surface area contributed by atoms with Gasteiger partial charge in [0.2, 0.25) is 0 Å². The standard InChI is InChI=1S/C2H4O.Al.O/c1-2-3;;/h2-3H,1H2;;/q;+1;/p-1. The summed E-state index contributed by atoms with van der Waals surface area (Å²) >= 11 is -1.08. The maximum absolute atomic E-state index is 9.32. The first-order valence-corrected chi connectivity index (χ1v) is 2.06. The van der Waals surface area contributed by atoms with E-state index in [2.05, 4.69) is 10.4 Å². The van der Waals surface area contributed by atoms with Crippen LogP contribution in [0.2, 0.25) is 0 Å². The van der Waals surface area contributed by atoms with E-state index < -0.39 is 15.5 Å². The van der Waals surface area contributed by atoms with Gasteiger partial charge in [-0.15, -0.1) is 0 Å². The first kappa shape index (κ1) is 4.87. The van der Waals surface area contributed by atoms with Gasteiger partial charge in [0.15, 0.2) is 0 Å². The molecule has 0 aliphatic rings. The zero-order valence-electron chi connectivity index (χ0n) is 2.68. The van der Waals surface area contributed by atoms with E-state index in [1.165, 1.54) is 0 Å². The molecule has 0 bridgehead atoms. The Hall–Kier alpha value is -0.128. The molecule has 0 N–H and O–H groups in total. The Balaban J connectivity index is 2.65. The normalized spacial score (nSPS) is 4.80. The Morgan fingerprint density at radius 1 is 2.00 bits per heavy atom. The van der Waals surface area contributed by atoms with Gasteiger partial charge in [0, 0.05) is 0 Å². The molecule has 0 heterocycles. The van der Waals surface area contributed by atoms with Crippen molar-refractivity contribution in [1.82, 2.24) is 0 Å². The van der Waals surface area contributed by atoms with E-state index in [0.29, 0.717) is 0 Å². The van der Waals surface area contributed by atoms with Crippen LogP contribution in [-0.4, -0.2) is 15.5 Å². The van der Waals surface area contributed by atoms with Crippen molar-refractivity contribution in [3.8, 4) is 0 Å². The third-order valence-corrected chi connectivity index (χ3v) is 0.455. The van der Waals surface area contributed by atoms with Crippen molar-refractivity contribution in [1.29, 1.82) is 0 Å². The van der Waals surface area contributed by atoms with E-state index >= 15 is 0 Å². The summed E-state index contributed by atoms with van der Waals surface area (Å²) in [7, 11) is 0. The number of hydrogen-bond acceptors (Lipinski definition) is 2. The van der Waals surface area contributed by atoms with Gasteiger partial charge in [-0.05, 0) is 0 Å². The van der Waals surface area contributed by atoms with Crippen molar-refractivity contribution in [2.45, 2.75) is 0 Å². The molecule has 0 aromatic heterocycles. The molecule has 0 saturated heterocycles. The fourth-order valence-corrected chi connectivity index (χ4v) is 0.118. The summed E-state index contributed by atoms with van der Waals surface area (Å²) in [5.41, 5.74) is 0. The fraction of sp³-hybridized carbons (Fsp3) is 0. The van der Waals surface area contributed by atoms with Crippen LogP contribution in [0.15, 0.2) is 12.8 Å². The summed E-state index contributed by atoms with van der Waals surface area (Å²) in [5.74, 6) is 0. The second-order valence-electron chi connectivity index (χ2n) is 0.399. The van der Waals surface area contributed by atoms with Gasteiger partial charge in [-0.1, -0.05) is 0 Å². The molecule has 0 radical (unpaired) electrons. The van der Waals surface area contributed by atoms with Crippen LogP contribution in [0.5, 0.6) is 0 Å². The van der Waals surface area contributed by atoms with Crippen molar-refractivity contribution in [2.24, 2.45) is 0 Å². The molecular formula is C2H3AlO2. The molecule has 0 aromatic rings. The van der Waals surface area contributed by atoms with Crippen LogP contribution < -0.4 is 0 Å². The van der Waals surface area contributed by atoms with E-state index in [4.69, 9.17) is 0 Å². The molecule has 0 spiro atoms. The molecule has 0 unspecified atom stereocenters. The Kier molecular flexibility index (Phi) is 3.77. The molecule has 0 atom stereocenters. The Bertz CT molecular complexity index is 36.9. The molecule has 26 valence electrons. The minimum atomic E-state index is -1.08. The topological polar surface area (TPSA) is 26.3 Å². The average Bonchev–Trinajstić information content (AvgIpc) is 1.41. The molecule has 0 aromatic carbocycles. The third-order valence-electron chi connectivity index (χ3n) is 0.152. The van der Waals surface area contributed by atoms with Gasteiger partial charge in [-0.2, -0.15) is 0 Å². The van der Waals surface area contributed by atoms with E-state index in [0.717, 1.165) is 6.26 Å². The molecule has 0 rings (SSSR count). The van der Waals surface area contributed by atoms with E-state index in [1.807, 2.05) is 0 Å². The summed E-state index contributed by atoms with van der Waals surface area (Å²) in [6.45, 7) is 3.15. The zero-order chi connectivity index (χ0) is 4.12. The molecular weight excluding hydrogens is 83.0 g/mol. The first-order chi connectivity index (χ1) is 2.41. The Labute approximate surface area is 36.7 Å². The number of rotatable bonds is 2. The van der Waals surface area contributed by atoms with Crippen molar-refractivity contribution in [3.05, 3.63) is 12.8 Å². The second-order valence-corrected chi connectivity index (χ2v) is 0.864. The molecule has 0 fully saturated rings. The predicted molar refractivity (Wildman–Crippen MR) is 17.7 cm³/mol. The van der Waals surface area contributed by atoms with Crippen molar-refractivity contribution >= 4 is 15.5 Å². The van der Waals surface area contributed by atoms with Crippen LogP contribution in [0, 0.1) is 0 Å². The van der Waals surface area contributed by atoms with Crippen molar-refractivity contribution < 1.29 is 7.59 Å². The van der Waals surface area contributed by atoms with Gasteiger partial charge in [-0.3, -0.25) is 0 Å². The second kappa shape index (κ2) is 3.87. The van der Waals surface area contributed by atoms with Crippen LogP contribution in [0.25, 0.3) is 0 Å².